The molecular formula is C24H29ClF3NO4. The molecule has 0 spiro atoms. The van der Waals surface area contributed by atoms with E-state index in [1.165, 1.54) is 0 Å². The SMILES string of the molecule is O=C(O)[C@@H]1[C@@H](CCc2cccc(Cl)c2)C(=O)N1C(=O)C[C@@H](C1CCCCCCC1)C(F)(F)F. The van der Waals surface area contributed by atoms with Gasteiger partial charge >= 0.3 is 12.1 Å². The second-order valence-corrected chi connectivity index (χ2v) is 9.55. The molecule has 33 heavy (non-hydrogen) atoms. The molecule has 3 atom stereocenters. The Kier molecular flexibility index (Phi) is 8.43. The summed E-state index contributed by atoms with van der Waals surface area (Å²) in [6, 6.07) is 5.48. The Morgan fingerprint density at radius 1 is 1.12 bits per heavy atom. The summed E-state index contributed by atoms with van der Waals surface area (Å²) in [6.07, 6.45) is -0.0590. The highest BCUT2D eigenvalue weighted by molar-refractivity contribution is 6.30. The van der Waals surface area contributed by atoms with Crippen LogP contribution in [0, 0.1) is 17.8 Å². The Morgan fingerprint density at radius 3 is 2.33 bits per heavy atom. The largest absolute Gasteiger partial charge is 0.480 e. The maximum absolute atomic E-state index is 13.9. The molecule has 1 aliphatic heterocycles. The van der Waals surface area contributed by atoms with E-state index in [1.807, 2.05) is 0 Å². The Morgan fingerprint density at radius 2 is 1.76 bits per heavy atom. The van der Waals surface area contributed by atoms with Crippen LogP contribution >= 0.6 is 11.6 Å². The molecule has 1 aromatic rings. The smallest absolute Gasteiger partial charge is 0.392 e. The number of aliphatic carboxylic acids is 1. The molecular weight excluding hydrogens is 459 g/mol. The Balaban J connectivity index is 1.69. The number of alkyl halides is 3. The number of carboxylic acids is 1. The fourth-order valence-corrected chi connectivity index (χ4v) is 5.34. The molecule has 5 nitrogen and oxygen atoms in total. The first kappa shape index (κ1) is 25.5. The van der Waals surface area contributed by atoms with Crippen LogP contribution in [0.3, 0.4) is 0 Å². The molecule has 0 unspecified atom stereocenters. The molecule has 1 heterocycles. The van der Waals surface area contributed by atoms with Crippen molar-refractivity contribution < 1.29 is 32.7 Å². The topological polar surface area (TPSA) is 74.7 Å². The second kappa shape index (κ2) is 10.9. The molecule has 0 aromatic heterocycles. The van der Waals surface area contributed by atoms with Crippen molar-refractivity contribution in [3.05, 3.63) is 34.9 Å². The van der Waals surface area contributed by atoms with E-state index in [2.05, 4.69) is 0 Å². The number of aryl methyl sites for hydroxylation is 1. The van der Waals surface area contributed by atoms with Gasteiger partial charge in [0, 0.05) is 11.4 Å². The molecule has 1 N–H and O–H groups in total. The summed E-state index contributed by atoms with van der Waals surface area (Å²) in [5, 5.41) is 10.1. The molecule has 2 fully saturated rings. The molecule has 182 valence electrons. The van der Waals surface area contributed by atoms with Gasteiger partial charge in [-0.15, -0.1) is 0 Å². The van der Waals surface area contributed by atoms with Crippen LogP contribution in [0.2, 0.25) is 5.02 Å². The summed E-state index contributed by atoms with van der Waals surface area (Å²) in [7, 11) is 0. The van der Waals surface area contributed by atoms with Crippen LogP contribution < -0.4 is 0 Å². The van der Waals surface area contributed by atoms with Crippen LogP contribution in [0.15, 0.2) is 24.3 Å². The molecule has 1 saturated heterocycles. The number of carbonyl (C=O) groups is 3. The average Bonchev–Trinajstić information content (AvgIpc) is 2.69. The molecule has 0 radical (unpaired) electrons. The average molecular weight is 488 g/mol. The van der Waals surface area contributed by atoms with Crippen LogP contribution in [-0.2, 0) is 20.8 Å². The van der Waals surface area contributed by atoms with Gasteiger partial charge in [0.15, 0.2) is 0 Å². The summed E-state index contributed by atoms with van der Waals surface area (Å²) in [5.74, 6) is -6.64. The van der Waals surface area contributed by atoms with Gasteiger partial charge in [-0.3, -0.25) is 14.5 Å². The summed E-state index contributed by atoms with van der Waals surface area (Å²) in [4.78, 5) is 37.8. The van der Waals surface area contributed by atoms with Crippen molar-refractivity contribution >= 4 is 29.4 Å². The Hall–Kier alpha value is -2.09. The van der Waals surface area contributed by atoms with E-state index in [0.717, 1.165) is 24.8 Å². The number of likely N-dealkylation sites (tertiary alicyclic amines) is 1. The molecule has 0 bridgehead atoms. The van der Waals surface area contributed by atoms with Gasteiger partial charge in [0.2, 0.25) is 11.8 Å². The highest BCUT2D eigenvalue weighted by Crippen LogP contribution is 2.42. The van der Waals surface area contributed by atoms with Crippen LogP contribution in [0.1, 0.15) is 63.4 Å². The summed E-state index contributed by atoms with van der Waals surface area (Å²) >= 11 is 5.94. The molecule has 2 aliphatic rings. The second-order valence-electron chi connectivity index (χ2n) is 9.12. The maximum Gasteiger partial charge on any atom is 0.392 e. The third kappa shape index (κ3) is 6.28. The lowest BCUT2D eigenvalue weighted by Crippen LogP contribution is -2.66. The van der Waals surface area contributed by atoms with Crippen LogP contribution in [-0.4, -0.2) is 40.0 Å². The monoisotopic (exact) mass is 487 g/mol. The van der Waals surface area contributed by atoms with Gasteiger partial charge in [-0.25, -0.2) is 4.79 Å². The van der Waals surface area contributed by atoms with Crippen molar-refractivity contribution in [3.63, 3.8) is 0 Å². The van der Waals surface area contributed by atoms with Gasteiger partial charge < -0.3 is 5.11 Å². The van der Waals surface area contributed by atoms with Gasteiger partial charge in [-0.05, 0) is 49.3 Å². The minimum Gasteiger partial charge on any atom is -0.480 e. The number of benzene rings is 1. The molecule has 2 amide bonds. The third-order valence-corrected chi connectivity index (χ3v) is 7.14. The predicted octanol–water partition coefficient (Wildman–Crippen LogP) is 5.64. The van der Waals surface area contributed by atoms with E-state index in [9.17, 15) is 32.7 Å². The van der Waals surface area contributed by atoms with E-state index < -0.39 is 54.2 Å². The Labute approximate surface area is 196 Å². The Bertz CT molecular complexity index is 868. The minimum absolute atomic E-state index is 0.172. The lowest BCUT2D eigenvalue weighted by atomic mass is 9.78. The fourth-order valence-electron chi connectivity index (χ4n) is 5.13. The predicted molar refractivity (Wildman–Crippen MR) is 117 cm³/mol. The van der Waals surface area contributed by atoms with E-state index in [-0.39, 0.29) is 6.42 Å². The van der Waals surface area contributed by atoms with Crippen molar-refractivity contribution in [3.8, 4) is 0 Å². The minimum atomic E-state index is -4.59. The summed E-state index contributed by atoms with van der Waals surface area (Å²) in [5.41, 5.74) is 0.811. The van der Waals surface area contributed by atoms with Crippen LogP contribution in [0.5, 0.6) is 0 Å². The van der Waals surface area contributed by atoms with Gasteiger partial charge in [0.1, 0.15) is 6.04 Å². The molecule has 1 saturated carbocycles. The van der Waals surface area contributed by atoms with Gasteiger partial charge in [0.25, 0.3) is 0 Å². The first-order valence-electron chi connectivity index (χ1n) is 11.5. The zero-order chi connectivity index (χ0) is 24.2. The number of β-lactam (4-membered cyclic amide) rings is 1. The molecule has 9 heteroatoms. The number of halogens is 4. The summed E-state index contributed by atoms with van der Waals surface area (Å²) in [6.45, 7) is 0. The van der Waals surface area contributed by atoms with Crippen molar-refractivity contribution in [2.75, 3.05) is 0 Å². The van der Waals surface area contributed by atoms with Crippen LogP contribution in [0.25, 0.3) is 0 Å². The fraction of sp³-hybridized carbons (Fsp3) is 0.625. The zero-order valence-corrected chi connectivity index (χ0v) is 19.1. The van der Waals surface area contributed by atoms with E-state index in [4.69, 9.17) is 11.6 Å². The quantitative estimate of drug-likeness (QED) is 0.505. The number of carbonyl (C=O) groups excluding carboxylic acids is 2. The van der Waals surface area contributed by atoms with Crippen molar-refractivity contribution in [1.29, 1.82) is 0 Å². The molecule has 1 aliphatic carbocycles. The zero-order valence-electron chi connectivity index (χ0n) is 18.3. The maximum atomic E-state index is 13.9. The van der Waals surface area contributed by atoms with Gasteiger partial charge in [-0.2, -0.15) is 13.2 Å². The number of nitrogens with zero attached hydrogens (tertiary/aromatic N) is 1. The summed E-state index contributed by atoms with van der Waals surface area (Å²) < 4.78 is 41.6. The number of hydrogen-bond acceptors (Lipinski definition) is 3. The highest BCUT2D eigenvalue weighted by Gasteiger charge is 2.55. The molecule has 3 rings (SSSR count). The molecule has 1 aromatic carbocycles. The lowest BCUT2D eigenvalue weighted by Gasteiger charge is -2.44. The standard InChI is InChI=1S/C24H29ClF3NO4/c25-17-10-6-7-15(13-17)11-12-18-21(23(32)33)29(22(18)31)20(30)14-19(24(26,27)28)16-8-4-2-1-3-5-9-16/h6-7,10,13,16,18-19,21H,1-5,8-9,11-12,14H2,(H,32,33)/t18-,19+,21+/m1/s1. The first-order chi connectivity index (χ1) is 15.6. The van der Waals surface area contributed by atoms with Crippen molar-refractivity contribution in [2.24, 2.45) is 17.8 Å². The van der Waals surface area contributed by atoms with E-state index >= 15 is 0 Å². The van der Waals surface area contributed by atoms with Gasteiger partial charge in [0.05, 0.1) is 11.8 Å². The van der Waals surface area contributed by atoms with Crippen molar-refractivity contribution in [1.82, 2.24) is 4.90 Å². The number of amides is 2. The van der Waals surface area contributed by atoms with Crippen LogP contribution in [0.4, 0.5) is 13.2 Å². The highest BCUT2D eigenvalue weighted by atomic mass is 35.5. The first-order valence-corrected chi connectivity index (χ1v) is 11.9. The van der Waals surface area contributed by atoms with E-state index in [0.29, 0.717) is 42.0 Å². The van der Waals surface area contributed by atoms with E-state index in [1.54, 1.807) is 24.3 Å². The van der Waals surface area contributed by atoms with Crippen molar-refractivity contribution in [2.45, 2.75) is 76.4 Å². The number of rotatable bonds is 7. The normalized spacial score (nSPS) is 23.4. The number of carboxylic acid groups (broad SMARTS) is 1. The number of imide groups is 1. The number of hydrogen-bond donors (Lipinski definition) is 1. The third-order valence-electron chi connectivity index (χ3n) is 6.90. The van der Waals surface area contributed by atoms with Gasteiger partial charge in [-0.1, -0.05) is 55.8 Å². The lowest BCUT2D eigenvalue weighted by molar-refractivity contribution is -0.200.